The first-order valence-corrected chi connectivity index (χ1v) is 10.6. The number of nitrogen functional groups attached to an aromatic ring is 1. The molecule has 0 aliphatic carbocycles. The van der Waals surface area contributed by atoms with Crippen molar-refractivity contribution in [3.63, 3.8) is 0 Å². The molecule has 0 aromatic heterocycles. The van der Waals surface area contributed by atoms with Gasteiger partial charge in [0.25, 0.3) is 5.91 Å². The van der Waals surface area contributed by atoms with Gasteiger partial charge in [-0.25, -0.2) is 32.8 Å². The molecule has 2 aromatic carbocycles. The van der Waals surface area contributed by atoms with Crippen molar-refractivity contribution in [2.45, 2.75) is 9.79 Å². The standard InChI is InChI=1S/C14H15ClN4O5S2/c1-25(21,22)9-3-5-12(11(16)7-9)19(17)14(20)8-2-4-10(15)13(6-8)26(18,23)24/h2-7H,16-17H2,1H3,(H2,18,23,24). The molecule has 2 aromatic rings. The minimum atomic E-state index is -4.14. The minimum Gasteiger partial charge on any atom is -0.397 e. The van der Waals surface area contributed by atoms with Crippen LogP contribution in [0.1, 0.15) is 10.4 Å². The van der Waals surface area contributed by atoms with Gasteiger partial charge >= 0.3 is 0 Å². The van der Waals surface area contributed by atoms with E-state index in [1.807, 2.05) is 0 Å². The van der Waals surface area contributed by atoms with E-state index in [-0.39, 0.29) is 26.9 Å². The van der Waals surface area contributed by atoms with Crippen LogP contribution < -0.4 is 21.7 Å². The number of sulfonamides is 1. The van der Waals surface area contributed by atoms with Gasteiger partial charge in [0, 0.05) is 11.8 Å². The zero-order valence-corrected chi connectivity index (χ0v) is 15.8. The highest BCUT2D eigenvalue weighted by molar-refractivity contribution is 7.90. The van der Waals surface area contributed by atoms with Crippen LogP contribution in [0, 0.1) is 0 Å². The van der Waals surface area contributed by atoms with E-state index in [2.05, 4.69) is 0 Å². The maximum atomic E-state index is 12.5. The number of sulfone groups is 1. The number of anilines is 2. The van der Waals surface area contributed by atoms with E-state index < -0.39 is 30.7 Å². The summed E-state index contributed by atoms with van der Waals surface area (Å²) in [6, 6.07) is 7.11. The van der Waals surface area contributed by atoms with Crippen molar-refractivity contribution in [3.8, 4) is 0 Å². The lowest BCUT2D eigenvalue weighted by Gasteiger charge is -2.19. The number of nitrogens with two attached hydrogens (primary N) is 3. The van der Waals surface area contributed by atoms with Crippen LogP contribution >= 0.6 is 11.6 Å². The zero-order chi connectivity index (χ0) is 19.9. The van der Waals surface area contributed by atoms with E-state index in [0.29, 0.717) is 5.01 Å². The van der Waals surface area contributed by atoms with Gasteiger partial charge in [-0.15, -0.1) is 0 Å². The Balaban J connectivity index is 2.45. The molecule has 6 N–H and O–H groups in total. The molecule has 9 nitrogen and oxygen atoms in total. The maximum absolute atomic E-state index is 12.5. The number of halogens is 1. The second-order valence-corrected chi connectivity index (χ2v) is 9.31. The van der Waals surface area contributed by atoms with E-state index in [4.69, 9.17) is 28.3 Å². The molecule has 0 atom stereocenters. The molecule has 0 unspecified atom stereocenters. The molecule has 0 heterocycles. The Morgan fingerprint density at radius 1 is 1.08 bits per heavy atom. The highest BCUT2D eigenvalue weighted by Crippen LogP contribution is 2.27. The molecule has 26 heavy (non-hydrogen) atoms. The first-order valence-electron chi connectivity index (χ1n) is 6.83. The fourth-order valence-electron chi connectivity index (χ4n) is 2.09. The van der Waals surface area contributed by atoms with E-state index >= 15 is 0 Å². The van der Waals surface area contributed by atoms with E-state index in [9.17, 15) is 21.6 Å². The number of carbonyl (C=O) groups is 1. The number of benzene rings is 2. The number of hydrogen-bond donors (Lipinski definition) is 3. The topological polar surface area (TPSA) is 167 Å². The molecule has 0 fully saturated rings. The van der Waals surface area contributed by atoms with E-state index in [1.165, 1.54) is 24.3 Å². The Hall–Kier alpha value is -2.18. The van der Waals surface area contributed by atoms with Crippen molar-refractivity contribution < 1.29 is 21.6 Å². The van der Waals surface area contributed by atoms with Crippen LogP contribution in [0.2, 0.25) is 5.02 Å². The van der Waals surface area contributed by atoms with Crippen LogP contribution in [-0.4, -0.2) is 29.0 Å². The highest BCUT2D eigenvalue weighted by Gasteiger charge is 2.21. The van der Waals surface area contributed by atoms with Crippen molar-refractivity contribution in [2.24, 2.45) is 11.0 Å². The number of primary sulfonamides is 1. The summed E-state index contributed by atoms with van der Waals surface area (Å²) in [5, 5.41) is 5.57. The van der Waals surface area contributed by atoms with Gasteiger partial charge in [-0.05, 0) is 36.4 Å². The smallest absolute Gasteiger partial charge is 0.272 e. The Bertz CT molecular complexity index is 1100. The Morgan fingerprint density at radius 3 is 2.19 bits per heavy atom. The average molecular weight is 419 g/mol. The number of nitrogens with zero attached hydrogens (tertiary/aromatic N) is 1. The van der Waals surface area contributed by atoms with Crippen LogP contribution in [-0.2, 0) is 19.9 Å². The number of carbonyl (C=O) groups excluding carboxylic acids is 1. The molecule has 0 saturated heterocycles. The van der Waals surface area contributed by atoms with Crippen LogP contribution in [0.3, 0.4) is 0 Å². The maximum Gasteiger partial charge on any atom is 0.272 e. The molecule has 0 radical (unpaired) electrons. The van der Waals surface area contributed by atoms with Gasteiger partial charge in [0.15, 0.2) is 9.84 Å². The number of hydrogen-bond acceptors (Lipinski definition) is 7. The predicted octanol–water partition coefficient (Wildman–Crippen LogP) is 0.494. The van der Waals surface area contributed by atoms with Crippen molar-refractivity contribution in [2.75, 3.05) is 17.0 Å². The fraction of sp³-hybridized carbons (Fsp3) is 0.0714. The largest absolute Gasteiger partial charge is 0.397 e. The van der Waals surface area contributed by atoms with Gasteiger partial charge in [0.2, 0.25) is 10.0 Å². The van der Waals surface area contributed by atoms with Crippen LogP contribution in [0.4, 0.5) is 11.4 Å². The lowest BCUT2D eigenvalue weighted by molar-refractivity contribution is 0.0986. The van der Waals surface area contributed by atoms with Gasteiger partial charge in [0.1, 0.15) is 4.90 Å². The minimum absolute atomic E-state index is 0.0366. The molecule has 0 aliphatic heterocycles. The first kappa shape index (κ1) is 20.1. The molecular weight excluding hydrogens is 404 g/mol. The lowest BCUT2D eigenvalue weighted by atomic mass is 10.2. The number of amides is 1. The lowest BCUT2D eigenvalue weighted by Crippen LogP contribution is -2.38. The summed E-state index contributed by atoms with van der Waals surface area (Å²) in [6.45, 7) is 0. The molecule has 0 aliphatic rings. The fourth-order valence-corrected chi connectivity index (χ4v) is 3.81. The van der Waals surface area contributed by atoms with Crippen LogP contribution in [0.25, 0.3) is 0 Å². The normalized spacial score (nSPS) is 12.0. The summed E-state index contributed by atoms with van der Waals surface area (Å²) < 4.78 is 46.1. The van der Waals surface area contributed by atoms with Gasteiger partial charge in [-0.3, -0.25) is 4.79 Å². The van der Waals surface area contributed by atoms with Crippen molar-refractivity contribution in [3.05, 3.63) is 47.0 Å². The third-order valence-electron chi connectivity index (χ3n) is 3.39. The molecule has 1 amide bonds. The Morgan fingerprint density at radius 2 is 1.69 bits per heavy atom. The van der Waals surface area contributed by atoms with Crippen molar-refractivity contribution >= 4 is 48.7 Å². The Kier molecular flexibility index (Phi) is 5.31. The second-order valence-electron chi connectivity index (χ2n) is 5.36. The SMILES string of the molecule is CS(=O)(=O)c1ccc(N(N)C(=O)c2ccc(Cl)c(S(N)(=O)=O)c2)c(N)c1. The molecule has 12 heteroatoms. The summed E-state index contributed by atoms with van der Waals surface area (Å²) in [4.78, 5) is 12.0. The van der Waals surface area contributed by atoms with Gasteiger partial charge in [-0.2, -0.15) is 0 Å². The highest BCUT2D eigenvalue weighted by atomic mass is 35.5. The first-order chi connectivity index (χ1) is 11.8. The molecular formula is C14H15ClN4O5S2. The summed E-state index contributed by atoms with van der Waals surface area (Å²) in [6.07, 6.45) is 1.01. The molecule has 2 rings (SSSR count). The number of hydrazine groups is 1. The quantitative estimate of drug-likeness (QED) is 0.281. The van der Waals surface area contributed by atoms with Crippen molar-refractivity contribution in [1.82, 2.24) is 0 Å². The third kappa shape index (κ3) is 4.14. The number of rotatable bonds is 4. The van der Waals surface area contributed by atoms with E-state index in [0.717, 1.165) is 18.4 Å². The molecule has 0 spiro atoms. The molecule has 140 valence electrons. The molecule has 0 saturated carbocycles. The Labute approximate surface area is 155 Å². The van der Waals surface area contributed by atoms with Gasteiger partial charge < -0.3 is 5.73 Å². The third-order valence-corrected chi connectivity index (χ3v) is 5.89. The average Bonchev–Trinajstić information content (AvgIpc) is 2.52. The zero-order valence-electron chi connectivity index (χ0n) is 13.4. The summed E-state index contributed by atoms with van der Waals surface area (Å²) in [5.74, 6) is 4.97. The summed E-state index contributed by atoms with van der Waals surface area (Å²) in [7, 11) is -7.63. The monoisotopic (exact) mass is 418 g/mol. The van der Waals surface area contributed by atoms with Gasteiger partial charge in [0.05, 0.1) is 21.3 Å². The van der Waals surface area contributed by atoms with Gasteiger partial charge in [-0.1, -0.05) is 11.6 Å². The van der Waals surface area contributed by atoms with Crippen molar-refractivity contribution in [1.29, 1.82) is 0 Å². The second kappa shape index (κ2) is 6.85. The summed E-state index contributed by atoms with van der Waals surface area (Å²) >= 11 is 5.78. The van der Waals surface area contributed by atoms with E-state index in [1.54, 1.807) is 0 Å². The predicted molar refractivity (Wildman–Crippen MR) is 97.8 cm³/mol. The molecule has 0 bridgehead atoms. The van der Waals surface area contributed by atoms with Crippen LogP contribution in [0.5, 0.6) is 0 Å². The summed E-state index contributed by atoms with van der Waals surface area (Å²) in [5.41, 5.74) is 5.66. The van der Waals surface area contributed by atoms with Crippen LogP contribution in [0.15, 0.2) is 46.2 Å².